The standard InChI is InChI=1S/C13H27NO2/c1-11(2)16-10-9-14(3)12-7-5-4-6-8-13(12)15/h11-13,15H,4-10H2,1-3H3. The van der Waals surface area contributed by atoms with Crippen molar-refractivity contribution in [1.82, 2.24) is 4.90 Å². The second-order valence-corrected chi connectivity index (χ2v) is 5.17. The second kappa shape index (κ2) is 7.25. The molecule has 3 heteroatoms. The monoisotopic (exact) mass is 229 g/mol. The summed E-state index contributed by atoms with van der Waals surface area (Å²) in [5.41, 5.74) is 0. The van der Waals surface area contributed by atoms with Crippen molar-refractivity contribution in [2.75, 3.05) is 20.2 Å². The van der Waals surface area contributed by atoms with Gasteiger partial charge in [0.2, 0.25) is 0 Å². The molecule has 0 heterocycles. The third kappa shape index (κ3) is 4.81. The van der Waals surface area contributed by atoms with Crippen LogP contribution in [-0.4, -0.2) is 48.5 Å². The molecule has 2 atom stereocenters. The van der Waals surface area contributed by atoms with Crippen LogP contribution in [0.3, 0.4) is 0 Å². The van der Waals surface area contributed by atoms with Crippen molar-refractivity contribution in [3.63, 3.8) is 0 Å². The van der Waals surface area contributed by atoms with Gasteiger partial charge in [-0.05, 0) is 33.7 Å². The first-order valence-electron chi connectivity index (χ1n) is 6.61. The number of rotatable bonds is 5. The minimum Gasteiger partial charge on any atom is -0.391 e. The summed E-state index contributed by atoms with van der Waals surface area (Å²) in [6.45, 7) is 5.79. The van der Waals surface area contributed by atoms with E-state index >= 15 is 0 Å². The van der Waals surface area contributed by atoms with Crippen LogP contribution in [0.4, 0.5) is 0 Å². The van der Waals surface area contributed by atoms with E-state index in [0.29, 0.717) is 12.1 Å². The second-order valence-electron chi connectivity index (χ2n) is 5.17. The summed E-state index contributed by atoms with van der Waals surface area (Å²) in [5.74, 6) is 0. The predicted octanol–water partition coefficient (Wildman–Crippen LogP) is 2.04. The van der Waals surface area contributed by atoms with Crippen LogP contribution in [0.1, 0.15) is 46.0 Å². The van der Waals surface area contributed by atoms with Gasteiger partial charge in [0.25, 0.3) is 0 Å². The third-order valence-electron chi connectivity index (χ3n) is 3.41. The summed E-state index contributed by atoms with van der Waals surface area (Å²) in [5, 5.41) is 10.0. The average Bonchev–Trinajstić information content (AvgIpc) is 2.42. The lowest BCUT2D eigenvalue weighted by Crippen LogP contribution is -2.42. The summed E-state index contributed by atoms with van der Waals surface area (Å²) in [7, 11) is 2.10. The zero-order chi connectivity index (χ0) is 12.0. The summed E-state index contributed by atoms with van der Waals surface area (Å²) in [4.78, 5) is 2.26. The molecule has 0 radical (unpaired) electrons. The predicted molar refractivity (Wildman–Crippen MR) is 66.6 cm³/mol. The molecule has 0 bridgehead atoms. The first-order valence-corrected chi connectivity index (χ1v) is 6.61. The summed E-state index contributed by atoms with van der Waals surface area (Å²) >= 11 is 0. The van der Waals surface area contributed by atoms with Crippen LogP contribution in [-0.2, 0) is 4.74 Å². The molecule has 0 aromatic heterocycles. The highest BCUT2D eigenvalue weighted by atomic mass is 16.5. The topological polar surface area (TPSA) is 32.7 Å². The normalized spacial score (nSPS) is 27.4. The van der Waals surface area contributed by atoms with E-state index in [-0.39, 0.29) is 6.10 Å². The Bertz CT molecular complexity index is 185. The first-order chi connectivity index (χ1) is 7.61. The van der Waals surface area contributed by atoms with Gasteiger partial charge in [-0.3, -0.25) is 4.90 Å². The minimum absolute atomic E-state index is 0.147. The van der Waals surface area contributed by atoms with Crippen LogP contribution in [0.25, 0.3) is 0 Å². The van der Waals surface area contributed by atoms with Crippen molar-refractivity contribution in [3.8, 4) is 0 Å². The Morgan fingerprint density at radius 3 is 2.62 bits per heavy atom. The van der Waals surface area contributed by atoms with Gasteiger partial charge in [-0.1, -0.05) is 19.3 Å². The third-order valence-corrected chi connectivity index (χ3v) is 3.41. The Morgan fingerprint density at radius 2 is 1.94 bits per heavy atom. The van der Waals surface area contributed by atoms with Gasteiger partial charge < -0.3 is 9.84 Å². The van der Waals surface area contributed by atoms with E-state index in [9.17, 15) is 5.11 Å². The number of hydrogen-bond acceptors (Lipinski definition) is 3. The molecule has 1 N–H and O–H groups in total. The fourth-order valence-corrected chi connectivity index (χ4v) is 2.38. The summed E-state index contributed by atoms with van der Waals surface area (Å²) in [6.07, 6.45) is 5.92. The molecule has 1 aliphatic rings. The highest BCUT2D eigenvalue weighted by Crippen LogP contribution is 2.21. The van der Waals surface area contributed by atoms with E-state index in [1.165, 1.54) is 19.3 Å². The van der Waals surface area contributed by atoms with Crippen molar-refractivity contribution in [2.45, 2.75) is 64.2 Å². The summed E-state index contributed by atoms with van der Waals surface area (Å²) in [6, 6.07) is 0.332. The molecular weight excluding hydrogens is 202 g/mol. The van der Waals surface area contributed by atoms with E-state index < -0.39 is 0 Å². The van der Waals surface area contributed by atoms with Gasteiger partial charge in [-0.25, -0.2) is 0 Å². The maximum absolute atomic E-state index is 10.0. The molecule has 16 heavy (non-hydrogen) atoms. The Labute approximate surface area is 99.8 Å². The molecule has 2 unspecified atom stereocenters. The Balaban J connectivity index is 2.29. The number of hydrogen-bond donors (Lipinski definition) is 1. The van der Waals surface area contributed by atoms with E-state index in [1.54, 1.807) is 0 Å². The van der Waals surface area contributed by atoms with Gasteiger partial charge in [0.05, 0.1) is 18.8 Å². The van der Waals surface area contributed by atoms with Gasteiger partial charge >= 0.3 is 0 Å². The van der Waals surface area contributed by atoms with Crippen LogP contribution >= 0.6 is 0 Å². The zero-order valence-corrected chi connectivity index (χ0v) is 11.0. The highest BCUT2D eigenvalue weighted by molar-refractivity contribution is 4.79. The number of likely N-dealkylation sites (N-methyl/N-ethyl adjacent to an activating group) is 1. The van der Waals surface area contributed by atoms with Crippen LogP contribution in [0.2, 0.25) is 0 Å². The number of aliphatic hydroxyl groups is 1. The van der Waals surface area contributed by atoms with Crippen LogP contribution in [0.5, 0.6) is 0 Å². The lowest BCUT2D eigenvalue weighted by molar-refractivity contribution is 0.0220. The van der Waals surface area contributed by atoms with Crippen LogP contribution in [0, 0.1) is 0 Å². The smallest absolute Gasteiger partial charge is 0.0695 e. The molecule has 0 amide bonds. The van der Waals surface area contributed by atoms with Gasteiger partial charge in [-0.15, -0.1) is 0 Å². The van der Waals surface area contributed by atoms with Crippen molar-refractivity contribution in [2.24, 2.45) is 0 Å². The first kappa shape index (κ1) is 13.9. The quantitative estimate of drug-likeness (QED) is 0.732. The number of ether oxygens (including phenoxy) is 1. The molecule has 1 aliphatic carbocycles. The molecule has 0 aromatic rings. The molecule has 0 aliphatic heterocycles. The highest BCUT2D eigenvalue weighted by Gasteiger charge is 2.24. The van der Waals surface area contributed by atoms with E-state index in [1.807, 2.05) is 0 Å². The van der Waals surface area contributed by atoms with Gasteiger partial charge in [0.15, 0.2) is 0 Å². The van der Waals surface area contributed by atoms with E-state index in [4.69, 9.17) is 4.74 Å². The molecule has 1 fully saturated rings. The molecular formula is C13H27NO2. The van der Waals surface area contributed by atoms with Crippen molar-refractivity contribution >= 4 is 0 Å². The molecule has 1 rings (SSSR count). The van der Waals surface area contributed by atoms with Gasteiger partial charge in [0.1, 0.15) is 0 Å². The number of nitrogens with zero attached hydrogens (tertiary/aromatic N) is 1. The maximum atomic E-state index is 10.0. The zero-order valence-electron chi connectivity index (χ0n) is 11.0. The van der Waals surface area contributed by atoms with E-state index in [0.717, 1.165) is 26.0 Å². The summed E-state index contributed by atoms with van der Waals surface area (Å²) < 4.78 is 5.55. The van der Waals surface area contributed by atoms with Crippen LogP contribution in [0.15, 0.2) is 0 Å². The fraction of sp³-hybridized carbons (Fsp3) is 1.00. The molecule has 96 valence electrons. The molecule has 3 nitrogen and oxygen atoms in total. The molecule has 0 saturated heterocycles. The molecule has 0 spiro atoms. The van der Waals surface area contributed by atoms with Crippen molar-refractivity contribution < 1.29 is 9.84 Å². The Hall–Kier alpha value is -0.120. The van der Waals surface area contributed by atoms with Crippen LogP contribution < -0.4 is 0 Å². The maximum Gasteiger partial charge on any atom is 0.0695 e. The average molecular weight is 229 g/mol. The van der Waals surface area contributed by atoms with Crippen molar-refractivity contribution in [1.29, 1.82) is 0 Å². The lowest BCUT2D eigenvalue weighted by atomic mass is 10.1. The fourth-order valence-electron chi connectivity index (χ4n) is 2.38. The van der Waals surface area contributed by atoms with E-state index in [2.05, 4.69) is 25.8 Å². The van der Waals surface area contributed by atoms with Crippen molar-refractivity contribution in [3.05, 3.63) is 0 Å². The van der Waals surface area contributed by atoms with Gasteiger partial charge in [0, 0.05) is 12.6 Å². The molecule has 1 saturated carbocycles. The SMILES string of the molecule is CC(C)OCCN(C)C1CCCCCC1O. The Kier molecular flexibility index (Phi) is 6.32. The lowest BCUT2D eigenvalue weighted by Gasteiger charge is -2.30. The molecule has 0 aromatic carbocycles. The minimum atomic E-state index is -0.147. The Morgan fingerprint density at radius 1 is 1.25 bits per heavy atom. The largest absolute Gasteiger partial charge is 0.391 e. The van der Waals surface area contributed by atoms with Gasteiger partial charge in [-0.2, -0.15) is 0 Å². The number of aliphatic hydroxyl groups excluding tert-OH is 1.